The summed E-state index contributed by atoms with van der Waals surface area (Å²) in [5, 5.41) is 14.2. The van der Waals surface area contributed by atoms with Crippen LogP contribution in [0.25, 0.3) is 0 Å². The van der Waals surface area contributed by atoms with Gasteiger partial charge in [0.15, 0.2) is 0 Å². The second-order valence-corrected chi connectivity index (χ2v) is 7.58. The van der Waals surface area contributed by atoms with Gasteiger partial charge in [-0.1, -0.05) is 6.07 Å². The highest BCUT2D eigenvalue weighted by Crippen LogP contribution is 2.31. The molecule has 2 aliphatic rings. The van der Waals surface area contributed by atoms with E-state index in [-0.39, 0.29) is 5.60 Å². The standard InChI is InChI=1S/C16H25N3O2.2C2HF3O2/c1-20-12-10-18-8-5-16(6-9-18)14-19(11-13-21-16)15-4-2-3-7-17-15;2*3-2(4,5)1(6)7/h2-4,7H,5-6,8-14H2,1H3;2*(H,6,7). The van der Waals surface area contributed by atoms with Gasteiger partial charge in [0.05, 0.1) is 18.8 Å². The van der Waals surface area contributed by atoms with Crippen LogP contribution < -0.4 is 4.90 Å². The Kier molecular flexibility index (Phi) is 11.7. The Morgan fingerprint density at radius 1 is 1.06 bits per heavy atom. The summed E-state index contributed by atoms with van der Waals surface area (Å²) in [7, 11) is 1.76. The Morgan fingerprint density at radius 3 is 2.03 bits per heavy atom. The van der Waals surface area contributed by atoms with E-state index in [4.69, 9.17) is 29.3 Å². The van der Waals surface area contributed by atoms with E-state index in [2.05, 4.69) is 26.9 Å². The summed E-state index contributed by atoms with van der Waals surface area (Å²) in [4.78, 5) is 27.1. The van der Waals surface area contributed by atoms with Gasteiger partial charge in [-0.15, -0.1) is 0 Å². The lowest BCUT2D eigenvalue weighted by Gasteiger charge is -2.47. The maximum absolute atomic E-state index is 10.6. The number of carbonyl (C=O) groups is 2. The second-order valence-electron chi connectivity index (χ2n) is 7.58. The fraction of sp³-hybridized carbons (Fsp3) is 0.650. The van der Waals surface area contributed by atoms with E-state index in [9.17, 15) is 26.3 Å². The van der Waals surface area contributed by atoms with Gasteiger partial charge >= 0.3 is 24.3 Å². The molecule has 0 amide bonds. The number of carboxylic acid groups (broad SMARTS) is 2. The molecule has 200 valence electrons. The zero-order valence-electron chi connectivity index (χ0n) is 18.8. The van der Waals surface area contributed by atoms with Crippen LogP contribution in [0.4, 0.5) is 32.2 Å². The number of alkyl halides is 6. The van der Waals surface area contributed by atoms with Crippen molar-refractivity contribution in [2.75, 3.05) is 57.9 Å². The van der Waals surface area contributed by atoms with Crippen LogP contribution >= 0.6 is 0 Å². The highest BCUT2D eigenvalue weighted by molar-refractivity contribution is 5.73. The molecule has 2 aliphatic heterocycles. The summed E-state index contributed by atoms with van der Waals surface area (Å²) in [6, 6.07) is 6.11. The lowest BCUT2D eigenvalue weighted by Crippen LogP contribution is -2.57. The summed E-state index contributed by atoms with van der Waals surface area (Å²) in [6.07, 6.45) is -6.11. The third kappa shape index (κ3) is 11.1. The summed E-state index contributed by atoms with van der Waals surface area (Å²) in [5.41, 5.74) is 0.0132. The van der Waals surface area contributed by atoms with Gasteiger partial charge in [-0.3, -0.25) is 0 Å². The van der Waals surface area contributed by atoms with Crippen molar-refractivity contribution in [3.05, 3.63) is 24.4 Å². The lowest BCUT2D eigenvalue weighted by molar-refractivity contribution is -0.193. The van der Waals surface area contributed by atoms with Crippen molar-refractivity contribution in [3.8, 4) is 0 Å². The number of anilines is 1. The van der Waals surface area contributed by atoms with E-state index in [1.807, 2.05) is 12.3 Å². The van der Waals surface area contributed by atoms with Crippen LogP contribution in [-0.4, -0.2) is 103 Å². The molecule has 1 aromatic rings. The summed E-state index contributed by atoms with van der Waals surface area (Å²) < 4.78 is 74.8. The average molecular weight is 519 g/mol. The van der Waals surface area contributed by atoms with Crippen LogP contribution in [-0.2, 0) is 19.1 Å². The van der Waals surface area contributed by atoms with Crippen molar-refractivity contribution in [3.63, 3.8) is 0 Å². The van der Waals surface area contributed by atoms with E-state index in [1.165, 1.54) is 0 Å². The molecule has 0 atom stereocenters. The normalized spacial score (nSPS) is 18.1. The van der Waals surface area contributed by atoms with Crippen LogP contribution in [0.15, 0.2) is 24.4 Å². The number of piperidine rings is 1. The molecule has 15 heteroatoms. The van der Waals surface area contributed by atoms with Gasteiger partial charge in [0.1, 0.15) is 5.82 Å². The number of nitrogens with zero attached hydrogens (tertiary/aromatic N) is 3. The van der Waals surface area contributed by atoms with Gasteiger partial charge in [-0.25, -0.2) is 14.6 Å². The highest BCUT2D eigenvalue weighted by Gasteiger charge is 2.40. The quantitative estimate of drug-likeness (QED) is 0.580. The van der Waals surface area contributed by atoms with E-state index >= 15 is 0 Å². The van der Waals surface area contributed by atoms with Gasteiger partial charge in [-0.05, 0) is 25.0 Å². The predicted molar refractivity (Wildman–Crippen MR) is 110 cm³/mol. The van der Waals surface area contributed by atoms with Gasteiger partial charge in [0.25, 0.3) is 0 Å². The Bertz CT molecular complexity index is 762. The molecule has 0 aromatic carbocycles. The number of hydrogen-bond donors (Lipinski definition) is 2. The van der Waals surface area contributed by atoms with Crippen molar-refractivity contribution in [2.24, 2.45) is 0 Å². The van der Waals surface area contributed by atoms with Crippen molar-refractivity contribution in [1.29, 1.82) is 0 Å². The number of likely N-dealkylation sites (tertiary alicyclic amines) is 1. The number of halogens is 6. The molecule has 0 aliphatic carbocycles. The van der Waals surface area contributed by atoms with E-state index in [0.717, 1.165) is 64.6 Å². The molecule has 0 bridgehead atoms. The maximum Gasteiger partial charge on any atom is 0.490 e. The number of morpholine rings is 1. The third-order valence-corrected chi connectivity index (χ3v) is 5.09. The molecule has 2 fully saturated rings. The van der Waals surface area contributed by atoms with Gasteiger partial charge in [0, 0.05) is 46.0 Å². The lowest BCUT2D eigenvalue weighted by atomic mass is 9.89. The van der Waals surface area contributed by atoms with Crippen LogP contribution in [0.3, 0.4) is 0 Å². The van der Waals surface area contributed by atoms with Crippen molar-refractivity contribution in [2.45, 2.75) is 30.8 Å². The first-order chi connectivity index (χ1) is 16.2. The number of methoxy groups -OCH3 is 1. The van der Waals surface area contributed by atoms with Crippen molar-refractivity contribution in [1.82, 2.24) is 9.88 Å². The number of ether oxygens (including phenoxy) is 2. The van der Waals surface area contributed by atoms with Crippen LogP contribution in [0.2, 0.25) is 0 Å². The zero-order valence-corrected chi connectivity index (χ0v) is 18.8. The molecule has 1 aromatic heterocycles. The smallest absolute Gasteiger partial charge is 0.475 e. The Balaban J connectivity index is 0.000000362. The highest BCUT2D eigenvalue weighted by atomic mass is 19.4. The fourth-order valence-corrected chi connectivity index (χ4v) is 3.29. The topological polar surface area (TPSA) is 112 Å². The SMILES string of the molecule is COCCN1CCC2(CC1)CN(c1ccccn1)CCO2.O=C(O)C(F)(F)F.O=C(O)C(F)(F)F. The minimum Gasteiger partial charge on any atom is -0.475 e. The fourth-order valence-electron chi connectivity index (χ4n) is 3.29. The van der Waals surface area contributed by atoms with Gasteiger partial charge in [-0.2, -0.15) is 26.3 Å². The molecule has 1 spiro atoms. The molecule has 2 N–H and O–H groups in total. The molecule has 3 heterocycles. The molecule has 0 radical (unpaired) electrons. The first-order valence-electron chi connectivity index (χ1n) is 10.3. The minimum absolute atomic E-state index is 0.0132. The van der Waals surface area contributed by atoms with E-state index in [1.54, 1.807) is 7.11 Å². The Morgan fingerprint density at radius 2 is 1.60 bits per heavy atom. The molecule has 9 nitrogen and oxygen atoms in total. The van der Waals surface area contributed by atoms with Gasteiger partial charge < -0.3 is 29.5 Å². The average Bonchev–Trinajstić information content (AvgIpc) is 2.79. The van der Waals surface area contributed by atoms with Gasteiger partial charge in [0.2, 0.25) is 0 Å². The Labute approximate surface area is 197 Å². The number of aromatic nitrogens is 1. The molecule has 35 heavy (non-hydrogen) atoms. The van der Waals surface area contributed by atoms with Crippen molar-refractivity contribution < 1.29 is 55.6 Å². The summed E-state index contributed by atoms with van der Waals surface area (Å²) in [6.45, 7) is 6.73. The number of hydrogen-bond acceptors (Lipinski definition) is 7. The van der Waals surface area contributed by atoms with Crippen LogP contribution in [0.1, 0.15) is 12.8 Å². The summed E-state index contributed by atoms with van der Waals surface area (Å²) >= 11 is 0. The number of pyridine rings is 1. The molecule has 0 unspecified atom stereocenters. The molecular weight excluding hydrogens is 492 g/mol. The van der Waals surface area contributed by atoms with E-state index in [0.29, 0.717) is 0 Å². The maximum atomic E-state index is 10.6. The third-order valence-electron chi connectivity index (χ3n) is 5.09. The number of rotatable bonds is 4. The van der Waals surface area contributed by atoms with Crippen molar-refractivity contribution >= 4 is 17.8 Å². The second kappa shape index (κ2) is 13.4. The summed E-state index contributed by atoms with van der Waals surface area (Å²) in [5.74, 6) is -4.44. The zero-order chi connectivity index (χ0) is 26.7. The molecule has 0 saturated carbocycles. The van der Waals surface area contributed by atoms with E-state index < -0.39 is 24.3 Å². The predicted octanol–water partition coefficient (Wildman–Crippen LogP) is 2.67. The minimum atomic E-state index is -5.08. The number of aliphatic carboxylic acids is 2. The first-order valence-corrected chi connectivity index (χ1v) is 10.3. The first kappa shape index (κ1) is 30.4. The van der Waals surface area contributed by atoms with Crippen LogP contribution in [0.5, 0.6) is 0 Å². The monoisotopic (exact) mass is 519 g/mol. The van der Waals surface area contributed by atoms with Crippen LogP contribution in [0, 0.1) is 0 Å². The Hall–Kier alpha value is -2.65. The molecule has 2 saturated heterocycles. The number of carboxylic acids is 2. The molecule has 3 rings (SSSR count). The molecular formula is C20H27F6N3O6. The largest absolute Gasteiger partial charge is 0.490 e.